The van der Waals surface area contributed by atoms with Gasteiger partial charge < -0.3 is 10.4 Å². The van der Waals surface area contributed by atoms with Gasteiger partial charge in [-0.1, -0.05) is 29.6 Å². The second-order valence-corrected chi connectivity index (χ2v) is 5.81. The number of benzene rings is 1. The smallest absolute Gasteiger partial charge is 0.272 e. The molecule has 1 aliphatic rings. The van der Waals surface area contributed by atoms with Gasteiger partial charge in [0.2, 0.25) is 0 Å². The molecule has 0 aliphatic heterocycles. The summed E-state index contributed by atoms with van der Waals surface area (Å²) in [6, 6.07) is 2.79. The molecule has 0 saturated heterocycles. The van der Waals surface area contributed by atoms with Gasteiger partial charge in [-0.3, -0.25) is 10.1 Å². The molecule has 0 aromatic heterocycles. The van der Waals surface area contributed by atoms with Crippen LogP contribution in [0.4, 0.5) is 11.4 Å². The van der Waals surface area contributed by atoms with Crippen LogP contribution in [0.15, 0.2) is 12.1 Å². The van der Waals surface area contributed by atoms with Crippen molar-refractivity contribution in [2.75, 3.05) is 11.9 Å². The van der Waals surface area contributed by atoms with Gasteiger partial charge in [0.05, 0.1) is 20.7 Å². The fraction of sp³-hybridized carbons (Fsp3) is 0.538. The number of nitrogens with zero attached hydrogens (tertiary/aromatic N) is 1. The minimum absolute atomic E-state index is 0.121. The zero-order valence-electron chi connectivity index (χ0n) is 10.8. The second kappa shape index (κ2) is 6.61. The van der Waals surface area contributed by atoms with Gasteiger partial charge in [0, 0.05) is 24.8 Å². The molecular formula is C13H16Cl2N2O3. The lowest BCUT2D eigenvalue weighted by atomic mass is 10.00. The van der Waals surface area contributed by atoms with Gasteiger partial charge in [-0.2, -0.15) is 0 Å². The Morgan fingerprint density at radius 2 is 2.00 bits per heavy atom. The van der Waals surface area contributed by atoms with Crippen molar-refractivity contribution < 1.29 is 10.0 Å². The predicted octanol–water partition coefficient (Wildman–Crippen LogP) is 3.86. The van der Waals surface area contributed by atoms with Crippen LogP contribution in [0.2, 0.25) is 10.0 Å². The van der Waals surface area contributed by atoms with E-state index in [1.165, 1.54) is 12.1 Å². The molecule has 20 heavy (non-hydrogen) atoms. The molecule has 1 saturated carbocycles. The van der Waals surface area contributed by atoms with E-state index in [0.29, 0.717) is 11.6 Å². The summed E-state index contributed by atoms with van der Waals surface area (Å²) >= 11 is 12.2. The van der Waals surface area contributed by atoms with Gasteiger partial charge in [0.15, 0.2) is 0 Å². The molecule has 1 aliphatic carbocycles. The van der Waals surface area contributed by atoms with Gasteiger partial charge in [0.25, 0.3) is 5.69 Å². The molecule has 2 rings (SSSR count). The van der Waals surface area contributed by atoms with Crippen LogP contribution in [0.25, 0.3) is 0 Å². The number of hydrogen-bond acceptors (Lipinski definition) is 4. The highest BCUT2D eigenvalue weighted by molar-refractivity contribution is 6.39. The highest BCUT2D eigenvalue weighted by atomic mass is 35.5. The summed E-state index contributed by atoms with van der Waals surface area (Å²) in [5, 5.41) is 23.6. The SMILES string of the molecule is O=[N+]([O-])c1cc(Cl)c(NC2CCCC2CCO)c(Cl)c1. The second-order valence-electron chi connectivity index (χ2n) is 5.00. The fourth-order valence-electron chi connectivity index (χ4n) is 2.73. The van der Waals surface area contributed by atoms with E-state index in [2.05, 4.69) is 5.32 Å². The molecule has 1 aromatic rings. The molecule has 0 radical (unpaired) electrons. The molecular weight excluding hydrogens is 303 g/mol. The van der Waals surface area contributed by atoms with E-state index in [1.54, 1.807) is 0 Å². The lowest BCUT2D eigenvalue weighted by Crippen LogP contribution is -2.25. The van der Waals surface area contributed by atoms with Crippen LogP contribution in [0.3, 0.4) is 0 Å². The Morgan fingerprint density at radius 1 is 1.35 bits per heavy atom. The Hall–Kier alpha value is -1.04. The molecule has 1 fully saturated rings. The number of nitrogens with one attached hydrogen (secondary N) is 1. The van der Waals surface area contributed by atoms with Crippen LogP contribution < -0.4 is 5.32 Å². The summed E-state index contributed by atoms with van der Waals surface area (Å²) in [5.41, 5.74) is 0.414. The third-order valence-corrected chi connectivity index (χ3v) is 4.32. The van der Waals surface area contributed by atoms with Gasteiger partial charge in [0.1, 0.15) is 0 Å². The lowest BCUT2D eigenvalue weighted by molar-refractivity contribution is -0.384. The lowest BCUT2D eigenvalue weighted by Gasteiger charge is -2.22. The topological polar surface area (TPSA) is 75.4 Å². The van der Waals surface area contributed by atoms with E-state index in [-0.39, 0.29) is 28.4 Å². The number of non-ortho nitro benzene ring substituents is 1. The van der Waals surface area contributed by atoms with Crippen molar-refractivity contribution in [1.29, 1.82) is 0 Å². The molecule has 5 nitrogen and oxygen atoms in total. The molecule has 7 heteroatoms. The molecule has 0 amide bonds. The average Bonchev–Trinajstić information content (AvgIpc) is 2.81. The summed E-state index contributed by atoms with van der Waals surface area (Å²) in [6.45, 7) is 0.157. The van der Waals surface area contributed by atoms with E-state index in [4.69, 9.17) is 28.3 Å². The Bertz CT molecular complexity index is 487. The Kier molecular flexibility index (Phi) is 5.07. The minimum atomic E-state index is -0.522. The van der Waals surface area contributed by atoms with Crippen molar-refractivity contribution in [3.05, 3.63) is 32.3 Å². The van der Waals surface area contributed by atoms with Gasteiger partial charge in [-0.05, 0) is 25.2 Å². The maximum absolute atomic E-state index is 10.7. The first-order valence-corrected chi connectivity index (χ1v) is 7.29. The van der Waals surface area contributed by atoms with Crippen LogP contribution in [0, 0.1) is 16.0 Å². The standard InChI is InChI=1S/C13H16Cl2N2O3/c14-10-6-9(17(19)20)7-11(15)13(10)16-12-3-1-2-8(12)4-5-18/h6-8,12,16,18H,1-5H2. The quantitative estimate of drug-likeness (QED) is 0.638. The van der Waals surface area contributed by atoms with E-state index in [0.717, 1.165) is 25.7 Å². The first-order chi connectivity index (χ1) is 9.52. The maximum atomic E-state index is 10.7. The Morgan fingerprint density at radius 3 is 2.55 bits per heavy atom. The van der Waals surface area contributed by atoms with E-state index in [9.17, 15) is 10.1 Å². The fourth-order valence-corrected chi connectivity index (χ4v) is 3.31. The van der Waals surface area contributed by atoms with Crippen molar-refractivity contribution in [1.82, 2.24) is 0 Å². The largest absolute Gasteiger partial charge is 0.396 e. The van der Waals surface area contributed by atoms with Crippen LogP contribution in [0.5, 0.6) is 0 Å². The first kappa shape index (κ1) is 15.4. The van der Waals surface area contributed by atoms with Gasteiger partial charge in [-0.15, -0.1) is 0 Å². The first-order valence-electron chi connectivity index (χ1n) is 6.53. The average molecular weight is 319 g/mol. The Balaban J connectivity index is 2.19. The zero-order chi connectivity index (χ0) is 14.7. The molecule has 1 aromatic carbocycles. The number of nitro benzene ring substituents is 1. The molecule has 2 N–H and O–H groups in total. The summed E-state index contributed by atoms with van der Waals surface area (Å²) in [5.74, 6) is 0.377. The third kappa shape index (κ3) is 3.34. The number of hydrogen-bond donors (Lipinski definition) is 2. The summed E-state index contributed by atoms with van der Waals surface area (Å²) < 4.78 is 0. The minimum Gasteiger partial charge on any atom is -0.396 e. The number of aliphatic hydroxyl groups excluding tert-OH is 1. The van der Waals surface area contributed by atoms with Crippen LogP contribution in [-0.2, 0) is 0 Å². The number of anilines is 1. The van der Waals surface area contributed by atoms with Gasteiger partial charge >= 0.3 is 0 Å². The Labute approximate surface area is 127 Å². The van der Waals surface area contributed by atoms with Crippen molar-refractivity contribution in [3.8, 4) is 0 Å². The van der Waals surface area contributed by atoms with Crippen molar-refractivity contribution in [3.63, 3.8) is 0 Å². The van der Waals surface area contributed by atoms with Crippen molar-refractivity contribution in [2.45, 2.75) is 31.7 Å². The van der Waals surface area contributed by atoms with E-state index >= 15 is 0 Å². The van der Waals surface area contributed by atoms with E-state index < -0.39 is 4.92 Å². The number of halogens is 2. The predicted molar refractivity (Wildman–Crippen MR) is 79.6 cm³/mol. The molecule has 110 valence electrons. The van der Waals surface area contributed by atoms with Crippen LogP contribution >= 0.6 is 23.2 Å². The normalized spacial score (nSPS) is 21.9. The molecule has 0 bridgehead atoms. The highest BCUT2D eigenvalue weighted by Crippen LogP contribution is 2.38. The van der Waals surface area contributed by atoms with Crippen molar-refractivity contribution in [2.24, 2.45) is 5.92 Å². The van der Waals surface area contributed by atoms with E-state index in [1.807, 2.05) is 0 Å². The number of aliphatic hydroxyl groups is 1. The summed E-state index contributed by atoms with van der Waals surface area (Å²) in [6.07, 6.45) is 3.86. The van der Waals surface area contributed by atoms with Gasteiger partial charge in [-0.25, -0.2) is 0 Å². The molecule has 2 atom stereocenters. The van der Waals surface area contributed by atoms with Crippen LogP contribution in [-0.4, -0.2) is 22.7 Å². The molecule has 0 heterocycles. The number of nitro groups is 1. The molecule has 0 spiro atoms. The summed E-state index contributed by atoms with van der Waals surface area (Å²) in [4.78, 5) is 10.2. The highest BCUT2D eigenvalue weighted by Gasteiger charge is 2.28. The summed E-state index contributed by atoms with van der Waals surface area (Å²) in [7, 11) is 0. The molecule has 2 unspecified atom stereocenters. The van der Waals surface area contributed by atoms with Crippen LogP contribution in [0.1, 0.15) is 25.7 Å². The van der Waals surface area contributed by atoms with Crippen molar-refractivity contribution >= 4 is 34.6 Å². The number of rotatable bonds is 5. The maximum Gasteiger partial charge on any atom is 0.272 e. The third-order valence-electron chi connectivity index (χ3n) is 3.73. The zero-order valence-corrected chi connectivity index (χ0v) is 12.3. The monoisotopic (exact) mass is 318 g/mol.